The standard InChI is InChI=1S/C19H23N3O2/c1-14-20-10-17(22(14)16-7-3-2-4-8-16)12-21-11-15-6-5-9-19(15,13-21)18(23)24/h2-4,7-8,10,15H,5-6,9,11-13H2,1H3,(H,23,24)/t15-,19+/m0/s1. The van der Waals surface area contributed by atoms with Crippen molar-refractivity contribution in [3.05, 3.63) is 48.0 Å². The maximum atomic E-state index is 11.9. The van der Waals surface area contributed by atoms with Crippen LogP contribution in [0.3, 0.4) is 0 Å². The van der Waals surface area contributed by atoms with Crippen molar-refractivity contribution < 1.29 is 9.90 Å². The van der Waals surface area contributed by atoms with E-state index in [2.05, 4.69) is 26.6 Å². The van der Waals surface area contributed by atoms with Crippen molar-refractivity contribution in [2.45, 2.75) is 32.7 Å². The number of para-hydroxylation sites is 1. The molecule has 0 bridgehead atoms. The van der Waals surface area contributed by atoms with Crippen LogP contribution in [0.4, 0.5) is 0 Å². The maximum absolute atomic E-state index is 11.9. The summed E-state index contributed by atoms with van der Waals surface area (Å²) >= 11 is 0. The first kappa shape index (κ1) is 15.4. The Labute approximate surface area is 141 Å². The summed E-state index contributed by atoms with van der Waals surface area (Å²) in [6.45, 7) is 4.30. The van der Waals surface area contributed by atoms with Gasteiger partial charge in [-0.2, -0.15) is 0 Å². The molecular formula is C19H23N3O2. The van der Waals surface area contributed by atoms with Crippen LogP contribution in [0, 0.1) is 18.3 Å². The fraction of sp³-hybridized carbons (Fsp3) is 0.474. The number of likely N-dealkylation sites (tertiary alicyclic amines) is 1. The molecule has 2 heterocycles. The van der Waals surface area contributed by atoms with Crippen LogP contribution in [0.2, 0.25) is 0 Å². The van der Waals surface area contributed by atoms with Crippen molar-refractivity contribution in [3.8, 4) is 5.69 Å². The first-order valence-corrected chi connectivity index (χ1v) is 8.64. The van der Waals surface area contributed by atoms with Gasteiger partial charge in [0.1, 0.15) is 5.82 Å². The quantitative estimate of drug-likeness (QED) is 0.939. The van der Waals surface area contributed by atoms with Crippen LogP contribution in [0.15, 0.2) is 36.5 Å². The van der Waals surface area contributed by atoms with E-state index in [1.807, 2.05) is 31.3 Å². The van der Waals surface area contributed by atoms with Crippen molar-refractivity contribution in [2.75, 3.05) is 13.1 Å². The van der Waals surface area contributed by atoms with Crippen LogP contribution >= 0.6 is 0 Å². The van der Waals surface area contributed by atoms with Crippen molar-refractivity contribution >= 4 is 5.97 Å². The SMILES string of the molecule is Cc1ncc(CN2C[C@@H]3CCC[C@@]3(C(=O)O)C2)n1-c1ccccc1. The summed E-state index contributed by atoms with van der Waals surface area (Å²) in [5, 5.41) is 9.75. The van der Waals surface area contributed by atoms with Crippen LogP contribution in [0.25, 0.3) is 5.69 Å². The third kappa shape index (κ3) is 2.35. The number of carboxylic acid groups (broad SMARTS) is 1. The molecule has 2 aromatic rings. The summed E-state index contributed by atoms with van der Waals surface area (Å²) in [6, 6.07) is 10.2. The second-order valence-corrected chi connectivity index (χ2v) is 7.19. The Kier molecular flexibility index (Phi) is 3.68. The molecule has 1 saturated heterocycles. The van der Waals surface area contributed by atoms with E-state index in [0.717, 1.165) is 49.6 Å². The van der Waals surface area contributed by atoms with E-state index in [9.17, 15) is 9.90 Å². The molecule has 0 spiro atoms. The zero-order valence-corrected chi connectivity index (χ0v) is 14.0. The van der Waals surface area contributed by atoms with Crippen molar-refractivity contribution in [1.82, 2.24) is 14.5 Å². The lowest BCUT2D eigenvalue weighted by atomic mass is 9.81. The van der Waals surface area contributed by atoms with Crippen LogP contribution in [0.5, 0.6) is 0 Å². The van der Waals surface area contributed by atoms with Crippen LogP contribution in [-0.4, -0.2) is 38.6 Å². The van der Waals surface area contributed by atoms with Gasteiger partial charge < -0.3 is 5.11 Å². The highest BCUT2D eigenvalue weighted by atomic mass is 16.4. The molecule has 1 saturated carbocycles. The topological polar surface area (TPSA) is 58.4 Å². The van der Waals surface area contributed by atoms with Gasteiger partial charge in [0.2, 0.25) is 0 Å². The average Bonchev–Trinajstić information content (AvgIpc) is 3.21. The van der Waals surface area contributed by atoms with Crippen molar-refractivity contribution in [2.24, 2.45) is 11.3 Å². The minimum atomic E-state index is -0.611. The predicted octanol–water partition coefficient (Wildman–Crippen LogP) is 2.87. The van der Waals surface area contributed by atoms with E-state index in [-0.39, 0.29) is 0 Å². The molecule has 5 nitrogen and oxygen atoms in total. The van der Waals surface area contributed by atoms with Gasteiger partial charge in [-0.05, 0) is 37.8 Å². The first-order valence-electron chi connectivity index (χ1n) is 8.64. The van der Waals surface area contributed by atoms with E-state index in [4.69, 9.17) is 0 Å². The number of benzene rings is 1. The van der Waals surface area contributed by atoms with Crippen molar-refractivity contribution in [1.29, 1.82) is 0 Å². The molecule has 0 radical (unpaired) electrons. The number of fused-ring (bicyclic) bond motifs is 1. The number of aliphatic carboxylic acids is 1. The third-order valence-electron chi connectivity index (χ3n) is 5.78. The first-order chi connectivity index (χ1) is 11.6. The van der Waals surface area contributed by atoms with Gasteiger partial charge in [0.25, 0.3) is 0 Å². The fourth-order valence-corrected chi connectivity index (χ4v) is 4.62. The van der Waals surface area contributed by atoms with Gasteiger partial charge in [-0.1, -0.05) is 24.6 Å². The molecule has 24 heavy (non-hydrogen) atoms. The highest BCUT2D eigenvalue weighted by molar-refractivity contribution is 5.76. The van der Waals surface area contributed by atoms with E-state index in [1.165, 1.54) is 0 Å². The van der Waals surface area contributed by atoms with E-state index < -0.39 is 11.4 Å². The van der Waals surface area contributed by atoms with Crippen LogP contribution < -0.4 is 0 Å². The third-order valence-corrected chi connectivity index (χ3v) is 5.78. The zero-order valence-electron chi connectivity index (χ0n) is 14.0. The molecular weight excluding hydrogens is 302 g/mol. The average molecular weight is 325 g/mol. The summed E-state index contributed by atoms with van der Waals surface area (Å²) < 4.78 is 2.17. The molecule has 4 rings (SSSR count). The minimum Gasteiger partial charge on any atom is -0.481 e. The minimum absolute atomic E-state index is 0.296. The smallest absolute Gasteiger partial charge is 0.311 e. The molecule has 2 atom stereocenters. The van der Waals surface area contributed by atoms with Gasteiger partial charge in [-0.25, -0.2) is 4.98 Å². The molecule has 0 amide bonds. The van der Waals surface area contributed by atoms with E-state index in [1.54, 1.807) is 0 Å². The molecule has 5 heteroatoms. The molecule has 1 aromatic heterocycles. The highest BCUT2D eigenvalue weighted by Crippen LogP contribution is 2.49. The zero-order chi connectivity index (χ0) is 16.7. The molecule has 2 aliphatic rings. The Morgan fingerprint density at radius 3 is 2.88 bits per heavy atom. The maximum Gasteiger partial charge on any atom is 0.311 e. The Morgan fingerprint density at radius 2 is 2.17 bits per heavy atom. The number of hydrogen-bond donors (Lipinski definition) is 1. The van der Waals surface area contributed by atoms with Crippen molar-refractivity contribution in [3.63, 3.8) is 0 Å². The Morgan fingerprint density at radius 1 is 1.38 bits per heavy atom. The number of nitrogens with zero attached hydrogens (tertiary/aromatic N) is 3. The molecule has 0 unspecified atom stereocenters. The summed E-state index contributed by atoms with van der Waals surface area (Å²) in [5.74, 6) is 0.646. The monoisotopic (exact) mass is 325 g/mol. The van der Waals surface area contributed by atoms with Crippen LogP contribution in [-0.2, 0) is 11.3 Å². The number of rotatable bonds is 4. The number of aromatic nitrogens is 2. The molecule has 1 aromatic carbocycles. The molecule has 2 fully saturated rings. The molecule has 1 aliphatic carbocycles. The summed E-state index contributed by atoms with van der Waals surface area (Å²) in [4.78, 5) is 18.6. The lowest BCUT2D eigenvalue weighted by Gasteiger charge is -2.23. The number of aryl methyl sites for hydroxylation is 1. The Bertz CT molecular complexity index is 755. The summed E-state index contributed by atoms with van der Waals surface area (Å²) in [7, 11) is 0. The van der Waals surface area contributed by atoms with E-state index in [0.29, 0.717) is 12.5 Å². The summed E-state index contributed by atoms with van der Waals surface area (Å²) in [5.41, 5.74) is 1.71. The van der Waals surface area contributed by atoms with E-state index >= 15 is 0 Å². The normalized spacial score (nSPS) is 26.6. The van der Waals surface area contributed by atoms with Crippen LogP contribution in [0.1, 0.15) is 30.8 Å². The van der Waals surface area contributed by atoms with Gasteiger partial charge in [-0.15, -0.1) is 0 Å². The number of carboxylic acids is 1. The second-order valence-electron chi connectivity index (χ2n) is 7.19. The van der Waals surface area contributed by atoms with Gasteiger partial charge in [0, 0.05) is 25.3 Å². The molecule has 1 N–H and O–H groups in total. The van der Waals surface area contributed by atoms with Gasteiger partial charge in [-0.3, -0.25) is 14.3 Å². The predicted molar refractivity (Wildman–Crippen MR) is 91.0 cm³/mol. The molecule has 126 valence electrons. The van der Waals surface area contributed by atoms with Gasteiger partial charge in [0.05, 0.1) is 17.3 Å². The Balaban J connectivity index is 1.59. The van der Waals surface area contributed by atoms with Gasteiger partial charge in [0.15, 0.2) is 0 Å². The lowest BCUT2D eigenvalue weighted by Crippen LogP contribution is -2.35. The lowest BCUT2D eigenvalue weighted by molar-refractivity contribution is -0.149. The number of imidazole rings is 1. The fourth-order valence-electron chi connectivity index (χ4n) is 4.62. The largest absolute Gasteiger partial charge is 0.481 e. The second kappa shape index (κ2) is 5.74. The highest BCUT2D eigenvalue weighted by Gasteiger charge is 2.54. The number of carbonyl (C=O) groups is 1. The molecule has 1 aliphatic heterocycles. The summed E-state index contributed by atoms with van der Waals surface area (Å²) in [6.07, 6.45) is 4.83. The number of hydrogen-bond acceptors (Lipinski definition) is 3. The Hall–Kier alpha value is -2.14. The van der Waals surface area contributed by atoms with Gasteiger partial charge >= 0.3 is 5.97 Å².